The molecule has 0 aliphatic carbocycles. The van der Waals surface area contributed by atoms with E-state index in [0.717, 1.165) is 50.8 Å². The minimum atomic E-state index is -0.0421. The van der Waals surface area contributed by atoms with Gasteiger partial charge in [0, 0.05) is 57.8 Å². The van der Waals surface area contributed by atoms with Crippen LogP contribution in [0.3, 0.4) is 0 Å². The Labute approximate surface area is 182 Å². The van der Waals surface area contributed by atoms with Gasteiger partial charge in [-0.15, -0.1) is 0 Å². The molecule has 0 saturated carbocycles. The molecular formula is C24H27N5O2. The highest BCUT2D eigenvalue weighted by molar-refractivity contribution is 5.91. The van der Waals surface area contributed by atoms with Crippen LogP contribution in [0, 0.1) is 6.92 Å². The van der Waals surface area contributed by atoms with Gasteiger partial charge in [0.1, 0.15) is 11.6 Å². The Morgan fingerprint density at radius 1 is 1.00 bits per heavy atom. The fourth-order valence-electron chi connectivity index (χ4n) is 4.49. The number of rotatable bonds is 4. The number of fused-ring (bicyclic) bond motifs is 1. The number of hydrogen-bond acceptors (Lipinski definition) is 6. The van der Waals surface area contributed by atoms with Gasteiger partial charge in [0.25, 0.3) is 5.91 Å². The average molecular weight is 418 g/mol. The Morgan fingerprint density at radius 3 is 2.55 bits per heavy atom. The minimum absolute atomic E-state index is 0.0421. The lowest BCUT2D eigenvalue weighted by atomic mass is 10.0. The summed E-state index contributed by atoms with van der Waals surface area (Å²) >= 11 is 0. The third-order valence-corrected chi connectivity index (χ3v) is 6.08. The molecule has 3 aromatic rings. The van der Waals surface area contributed by atoms with Crippen LogP contribution >= 0.6 is 0 Å². The van der Waals surface area contributed by atoms with Crippen LogP contribution in [0.2, 0.25) is 0 Å². The molecule has 0 N–H and O–H groups in total. The van der Waals surface area contributed by atoms with E-state index in [1.807, 2.05) is 11.8 Å². The van der Waals surface area contributed by atoms with E-state index in [9.17, 15) is 4.79 Å². The fraction of sp³-hybridized carbons (Fsp3) is 0.375. The second-order valence-electron chi connectivity index (χ2n) is 8.22. The van der Waals surface area contributed by atoms with E-state index in [2.05, 4.69) is 40.1 Å². The highest BCUT2D eigenvalue weighted by atomic mass is 16.3. The van der Waals surface area contributed by atoms with Crippen LogP contribution in [0.1, 0.15) is 33.2 Å². The van der Waals surface area contributed by atoms with Gasteiger partial charge in [-0.05, 0) is 24.6 Å². The first-order valence-electron chi connectivity index (χ1n) is 10.9. The van der Waals surface area contributed by atoms with Crippen molar-refractivity contribution < 1.29 is 9.21 Å². The van der Waals surface area contributed by atoms with Gasteiger partial charge in [-0.3, -0.25) is 9.69 Å². The molecule has 0 spiro atoms. The normalized spacial score (nSPS) is 16.9. The highest BCUT2D eigenvalue weighted by Gasteiger charge is 2.29. The highest BCUT2D eigenvalue weighted by Crippen LogP contribution is 2.28. The van der Waals surface area contributed by atoms with E-state index in [1.54, 1.807) is 18.4 Å². The maximum Gasteiger partial charge on any atom is 0.289 e. The molecule has 4 heterocycles. The van der Waals surface area contributed by atoms with Crippen molar-refractivity contribution in [3.05, 3.63) is 77.1 Å². The van der Waals surface area contributed by atoms with E-state index in [-0.39, 0.29) is 5.91 Å². The number of carbonyl (C=O) groups is 1. The number of benzene rings is 1. The van der Waals surface area contributed by atoms with Gasteiger partial charge >= 0.3 is 0 Å². The summed E-state index contributed by atoms with van der Waals surface area (Å²) < 4.78 is 5.28. The molecule has 0 bridgehead atoms. The number of amides is 1. The Kier molecular flexibility index (Phi) is 5.42. The predicted molar refractivity (Wildman–Crippen MR) is 118 cm³/mol. The van der Waals surface area contributed by atoms with Crippen LogP contribution in [-0.2, 0) is 19.5 Å². The molecule has 31 heavy (non-hydrogen) atoms. The van der Waals surface area contributed by atoms with Gasteiger partial charge in [0.2, 0.25) is 0 Å². The van der Waals surface area contributed by atoms with Crippen molar-refractivity contribution in [1.82, 2.24) is 19.8 Å². The molecule has 2 aliphatic rings. The predicted octanol–water partition coefficient (Wildman–Crippen LogP) is 2.90. The maximum absolute atomic E-state index is 12.6. The summed E-state index contributed by atoms with van der Waals surface area (Å²) in [4.78, 5) is 28.8. The van der Waals surface area contributed by atoms with Crippen molar-refractivity contribution in [3.63, 3.8) is 0 Å². The summed E-state index contributed by atoms with van der Waals surface area (Å²) in [5, 5.41) is 0. The number of nitrogens with zero attached hydrogens (tertiary/aromatic N) is 5. The molecule has 7 heteroatoms. The Hall–Kier alpha value is -3.19. The van der Waals surface area contributed by atoms with Crippen molar-refractivity contribution in [2.75, 3.05) is 37.6 Å². The zero-order valence-corrected chi connectivity index (χ0v) is 17.8. The molecule has 1 saturated heterocycles. The largest absolute Gasteiger partial charge is 0.459 e. The molecule has 1 fully saturated rings. The Balaban J connectivity index is 1.31. The summed E-state index contributed by atoms with van der Waals surface area (Å²) in [5.74, 6) is 2.21. The zero-order chi connectivity index (χ0) is 21.2. The third-order valence-electron chi connectivity index (χ3n) is 6.08. The van der Waals surface area contributed by atoms with Crippen molar-refractivity contribution >= 4 is 11.7 Å². The lowest BCUT2D eigenvalue weighted by molar-refractivity contribution is 0.0714. The minimum Gasteiger partial charge on any atom is -0.459 e. The first-order chi connectivity index (χ1) is 15.2. The average Bonchev–Trinajstić information content (AvgIpc) is 3.34. The van der Waals surface area contributed by atoms with E-state index >= 15 is 0 Å². The van der Waals surface area contributed by atoms with Crippen LogP contribution in [-0.4, -0.2) is 58.4 Å². The summed E-state index contributed by atoms with van der Waals surface area (Å²) in [5.41, 5.74) is 3.73. The van der Waals surface area contributed by atoms with Crippen LogP contribution in [0.4, 0.5) is 5.82 Å². The topological polar surface area (TPSA) is 65.7 Å². The van der Waals surface area contributed by atoms with Crippen molar-refractivity contribution in [1.29, 1.82) is 0 Å². The number of hydrogen-bond donors (Lipinski definition) is 0. The molecule has 0 radical (unpaired) electrons. The molecule has 5 rings (SSSR count). The van der Waals surface area contributed by atoms with Crippen LogP contribution < -0.4 is 4.90 Å². The standard InChI is InChI=1S/C24H27N5O2/c1-18-25-21-9-10-27(16-19-6-3-2-4-7-19)17-20(21)23(26-18)28-11-13-29(14-12-28)24(30)22-8-5-15-31-22/h2-8,15H,9-14,16-17H2,1H3. The number of anilines is 1. The summed E-state index contributed by atoms with van der Waals surface area (Å²) in [6.45, 7) is 7.59. The second kappa shape index (κ2) is 8.51. The molecule has 1 aromatic carbocycles. The number of aryl methyl sites for hydroxylation is 1. The van der Waals surface area contributed by atoms with Gasteiger partial charge in [0.15, 0.2) is 5.76 Å². The molecule has 0 atom stereocenters. The smallest absolute Gasteiger partial charge is 0.289 e. The van der Waals surface area contributed by atoms with Crippen LogP contribution in [0.15, 0.2) is 53.1 Å². The van der Waals surface area contributed by atoms with Crippen molar-refractivity contribution in [2.45, 2.75) is 26.4 Å². The first kappa shape index (κ1) is 19.8. The Morgan fingerprint density at radius 2 is 1.81 bits per heavy atom. The van der Waals surface area contributed by atoms with Gasteiger partial charge in [-0.1, -0.05) is 30.3 Å². The number of piperazine rings is 1. The number of carbonyl (C=O) groups excluding carboxylic acids is 1. The van der Waals surface area contributed by atoms with Gasteiger partial charge < -0.3 is 14.2 Å². The van der Waals surface area contributed by atoms with Crippen LogP contribution in [0.25, 0.3) is 0 Å². The van der Waals surface area contributed by atoms with E-state index in [0.29, 0.717) is 18.8 Å². The zero-order valence-electron chi connectivity index (χ0n) is 17.8. The molecule has 7 nitrogen and oxygen atoms in total. The first-order valence-corrected chi connectivity index (χ1v) is 10.9. The Bertz CT molecular complexity index is 1040. The van der Waals surface area contributed by atoms with E-state index in [4.69, 9.17) is 14.4 Å². The third kappa shape index (κ3) is 4.18. The van der Waals surface area contributed by atoms with Gasteiger partial charge in [-0.2, -0.15) is 0 Å². The quantitative estimate of drug-likeness (QED) is 0.650. The van der Waals surface area contributed by atoms with Crippen molar-refractivity contribution in [3.8, 4) is 0 Å². The van der Waals surface area contributed by atoms with Crippen molar-refractivity contribution in [2.24, 2.45) is 0 Å². The fourth-order valence-corrected chi connectivity index (χ4v) is 4.49. The maximum atomic E-state index is 12.6. The summed E-state index contributed by atoms with van der Waals surface area (Å²) in [7, 11) is 0. The SMILES string of the molecule is Cc1nc2c(c(N3CCN(C(=O)c4ccco4)CC3)n1)CN(Cc1ccccc1)CC2. The molecule has 2 aliphatic heterocycles. The lowest BCUT2D eigenvalue weighted by Gasteiger charge is -2.38. The number of furan rings is 1. The number of aromatic nitrogens is 2. The summed E-state index contributed by atoms with van der Waals surface area (Å²) in [6, 6.07) is 14.1. The van der Waals surface area contributed by atoms with E-state index in [1.165, 1.54) is 16.8 Å². The van der Waals surface area contributed by atoms with E-state index < -0.39 is 0 Å². The monoisotopic (exact) mass is 417 g/mol. The van der Waals surface area contributed by atoms with Gasteiger partial charge in [0.05, 0.1) is 12.0 Å². The molecule has 2 aromatic heterocycles. The molecular weight excluding hydrogens is 390 g/mol. The molecule has 1 amide bonds. The lowest BCUT2D eigenvalue weighted by Crippen LogP contribution is -2.49. The second-order valence-corrected chi connectivity index (χ2v) is 8.22. The van der Waals surface area contributed by atoms with Crippen LogP contribution in [0.5, 0.6) is 0 Å². The van der Waals surface area contributed by atoms with Gasteiger partial charge in [-0.25, -0.2) is 9.97 Å². The summed E-state index contributed by atoms with van der Waals surface area (Å²) in [6.07, 6.45) is 2.48. The molecule has 0 unspecified atom stereocenters. The molecule has 160 valence electrons.